The predicted octanol–water partition coefficient (Wildman–Crippen LogP) is 3.10. The van der Waals surface area contributed by atoms with Crippen molar-refractivity contribution in [2.24, 2.45) is 5.14 Å². The van der Waals surface area contributed by atoms with Gasteiger partial charge in [-0.2, -0.15) is 10.1 Å². The van der Waals surface area contributed by atoms with Gasteiger partial charge in [-0.3, -0.25) is 5.10 Å². The topological polar surface area (TPSA) is 130 Å². The largest absolute Gasteiger partial charge is 0.324 e. The molecule has 0 atom stereocenters. The molecule has 4 rings (SSSR count). The second kappa shape index (κ2) is 7.56. The maximum Gasteiger partial charge on any atom is 0.238 e. The standard InChI is InChI=1S/C19H17F2N7O2S/c1-10-5-11(7-12(6-10)31(22,29)30)24-19-23-4-3-17(25-19)28(2)18-13-8-14(20)15(21)9-16(13)26-27-18/h3-9H,1-2H3,(H,26,27)(H2,22,29,30)(H,23,24,25). The molecule has 0 aliphatic rings. The highest BCUT2D eigenvalue weighted by Crippen LogP contribution is 2.30. The number of nitrogens with zero attached hydrogens (tertiary/aromatic N) is 4. The summed E-state index contributed by atoms with van der Waals surface area (Å²) >= 11 is 0. The highest BCUT2D eigenvalue weighted by atomic mass is 32.2. The molecule has 9 nitrogen and oxygen atoms in total. The van der Waals surface area contributed by atoms with E-state index < -0.39 is 21.7 Å². The maximum atomic E-state index is 13.7. The van der Waals surface area contributed by atoms with E-state index in [-0.39, 0.29) is 10.8 Å². The molecule has 12 heteroatoms. The van der Waals surface area contributed by atoms with Crippen LogP contribution in [0.4, 0.5) is 32.1 Å². The Morgan fingerprint density at radius 1 is 1.13 bits per heavy atom. The molecule has 0 radical (unpaired) electrons. The molecule has 2 aromatic carbocycles. The zero-order chi connectivity index (χ0) is 22.3. The van der Waals surface area contributed by atoms with Crippen LogP contribution in [0.1, 0.15) is 5.56 Å². The monoisotopic (exact) mass is 445 g/mol. The fourth-order valence-electron chi connectivity index (χ4n) is 3.07. The van der Waals surface area contributed by atoms with Crippen molar-refractivity contribution in [1.82, 2.24) is 20.2 Å². The number of H-pyrrole nitrogens is 1. The number of primary sulfonamides is 1. The smallest absolute Gasteiger partial charge is 0.238 e. The molecule has 0 aliphatic carbocycles. The van der Waals surface area contributed by atoms with E-state index in [1.54, 1.807) is 31.0 Å². The molecule has 4 N–H and O–H groups in total. The van der Waals surface area contributed by atoms with Gasteiger partial charge < -0.3 is 10.2 Å². The van der Waals surface area contributed by atoms with Crippen LogP contribution in [0.15, 0.2) is 47.5 Å². The van der Waals surface area contributed by atoms with Gasteiger partial charge in [0.2, 0.25) is 16.0 Å². The van der Waals surface area contributed by atoms with Gasteiger partial charge in [0.25, 0.3) is 0 Å². The van der Waals surface area contributed by atoms with Crippen molar-refractivity contribution in [2.75, 3.05) is 17.3 Å². The average molecular weight is 445 g/mol. The lowest BCUT2D eigenvalue weighted by Gasteiger charge is -2.16. The molecule has 0 saturated carbocycles. The number of nitrogens with one attached hydrogen (secondary N) is 2. The van der Waals surface area contributed by atoms with E-state index in [1.165, 1.54) is 18.3 Å². The van der Waals surface area contributed by atoms with E-state index in [4.69, 9.17) is 5.14 Å². The summed E-state index contributed by atoms with van der Waals surface area (Å²) < 4.78 is 50.5. The van der Waals surface area contributed by atoms with Crippen LogP contribution in [0.5, 0.6) is 0 Å². The van der Waals surface area contributed by atoms with Gasteiger partial charge >= 0.3 is 0 Å². The highest BCUT2D eigenvalue weighted by molar-refractivity contribution is 7.89. The van der Waals surface area contributed by atoms with Crippen molar-refractivity contribution >= 4 is 44.2 Å². The zero-order valence-electron chi connectivity index (χ0n) is 16.4. The molecule has 0 spiro atoms. The number of fused-ring (bicyclic) bond motifs is 1. The van der Waals surface area contributed by atoms with Gasteiger partial charge in [-0.05, 0) is 42.8 Å². The first-order chi connectivity index (χ1) is 14.6. The summed E-state index contributed by atoms with van der Waals surface area (Å²) in [6.07, 6.45) is 1.49. The van der Waals surface area contributed by atoms with Crippen molar-refractivity contribution in [3.05, 3.63) is 59.8 Å². The minimum absolute atomic E-state index is 0.0412. The van der Waals surface area contributed by atoms with Crippen LogP contribution in [-0.4, -0.2) is 35.6 Å². The minimum atomic E-state index is -3.88. The van der Waals surface area contributed by atoms with Gasteiger partial charge in [0.15, 0.2) is 17.5 Å². The predicted molar refractivity (Wildman–Crippen MR) is 112 cm³/mol. The Balaban J connectivity index is 1.67. The van der Waals surface area contributed by atoms with Crippen molar-refractivity contribution in [3.63, 3.8) is 0 Å². The highest BCUT2D eigenvalue weighted by Gasteiger charge is 2.17. The SMILES string of the molecule is Cc1cc(Nc2nccc(N(C)c3n[nH]c4cc(F)c(F)cc34)n2)cc(S(N)(=O)=O)c1. The number of anilines is 4. The van der Waals surface area contributed by atoms with E-state index in [0.29, 0.717) is 33.8 Å². The second-order valence-electron chi connectivity index (χ2n) is 6.86. The number of aryl methyl sites for hydroxylation is 1. The van der Waals surface area contributed by atoms with Crippen LogP contribution in [0.2, 0.25) is 0 Å². The van der Waals surface area contributed by atoms with E-state index in [0.717, 1.165) is 12.1 Å². The van der Waals surface area contributed by atoms with Crippen LogP contribution in [0.3, 0.4) is 0 Å². The Hall–Kier alpha value is -3.64. The fourth-order valence-corrected chi connectivity index (χ4v) is 3.71. The maximum absolute atomic E-state index is 13.7. The normalized spacial score (nSPS) is 11.6. The molecule has 31 heavy (non-hydrogen) atoms. The van der Waals surface area contributed by atoms with Gasteiger partial charge in [-0.25, -0.2) is 27.3 Å². The van der Waals surface area contributed by atoms with Gasteiger partial charge in [0.1, 0.15) is 5.82 Å². The second-order valence-corrected chi connectivity index (χ2v) is 8.42. The van der Waals surface area contributed by atoms with Crippen LogP contribution in [0, 0.1) is 18.6 Å². The molecule has 0 unspecified atom stereocenters. The molecule has 0 aliphatic heterocycles. The quantitative estimate of drug-likeness (QED) is 0.430. The molecule has 0 amide bonds. The molecular weight excluding hydrogens is 428 g/mol. The third kappa shape index (κ3) is 4.15. The summed E-state index contributed by atoms with van der Waals surface area (Å²) in [5.74, 6) is -1.03. The first-order valence-electron chi connectivity index (χ1n) is 8.93. The number of sulfonamides is 1. The molecule has 2 aromatic heterocycles. The summed E-state index contributed by atoms with van der Waals surface area (Å²) in [7, 11) is -2.22. The number of rotatable bonds is 5. The number of aromatic nitrogens is 4. The van der Waals surface area contributed by atoms with E-state index in [1.807, 2.05) is 0 Å². The zero-order valence-corrected chi connectivity index (χ0v) is 17.2. The van der Waals surface area contributed by atoms with Crippen molar-refractivity contribution in [3.8, 4) is 0 Å². The number of benzene rings is 2. The van der Waals surface area contributed by atoms with Crippen molar-refractivity contribution in [2.45, 2.75) is 11.8 Å². The Labute approximate surface area is 176 Å². The Kier molecular flexibility index (Phi) is 5.03. The molecule has 4 aromatic rings. The number of nitrogens with two attached hydrogens (primary N) is 1. The molecule has 0 bridgehead atoms. The number of aromatic amines is 1. The van der Waals surface area contributed by atoms with E-state index in [2.05, 4.69) is 25.5 Å². The van der Waals surface area contributed by atoms with Gasteiger partial charge in [0.05, 0.1) is 10.4 Å². The summed E-state index contributed by atoms with van der Waals surface area (Å²) in [4.78, 5) is 10.1. The van der Waals surface area contributed by atoms with Crippen LogP contribution >= 0.6 is 0 Å². The van der Waals surface area contributed by atoms with E-state index >= 15 is 0 Å². The van der Waals surface area contributed by atoms with Crippen molar-refractivity contribution in [1.29, 1.82) is 0 Å². The lowest BCUT2D eigenvalue weighted by Crippen LogP contribution is -2.14. The number of halogens is 2. The van der Waals surface area contributed by atoms with Gasteiger partial charge in [-0.1, -0.05) is 0 Å². The summed E-state index contributed by atoms with van der Waals surface area (Å²) in [6.45, 7) is 1.73. The van der Waals surface area contributed by atoms with Crippen LogP contribution in [-0.2, 0) is 10.0 Å². The Bertz CT molecular complexity index is 1410. The lowest BCUT2D eigenvalue weighted by atomic mass is 10.2. The Morgan fingerprint density at radius 2 is 1.87 bits per heavy atom. The number of hydrogen-bond acceptors (Lipinski definition) is 7. The lowest BCUT2D eigenvalue weighted by molar-refractivity contribution is 0.511. The molecule has 2 heterocycles. The summed E-state index contributed by atoms with van der Waals surface area (Å²) in [5, 5.41) is 15.3. The Morgan fingerprint density at radius 3 is 2.61 bits per heavy atom. The van der Waals surface area contributed by atoms with Crippen molar-refractivity contribution < 1.29 is 17.2 Å². The molecule has 0 saturated heterocycles. The molecular formula is C19H17F2N7O2S. The fraction of sp³-hybridized carbons (Fsp3) is 0.105. The van der Waals surface area contributed by atoms with Crippen LogP contribution < -0.4 is 15.4 Å². The first-order valence-corrected chi connectivity index (χ1v) is 10.5. The first kappa shape index (κ1) is 20.6. The van der Waals surface area contributed by atoms with Crippen LogP contribution in [0.25, 0.3) is 10.9 Å². The number of hydrogen-bond donors (Lipinski definition) is 3. The van der Waals surface area contributed by atoms with Gasteiger partial charge in [-0.15, -0.1) is 0 Å². The third-order valence-electron chi connectivity index (χ3n) is 4.52. The average Bonchev–Trinajstić information content (AvgIpc) is 3.09. The summed E-state index contributed by atoms with van der Waals surface area (Å²) in [5.41, 5.74) is 1.45. The molecule has 160 valence electrons. The third-order valence-corrected chi connectivity index (χ3v) is 5.41. The van der Waals surface area contributed by atoms with Gasteiger partial charge in [0, 0.05) is 30.4 Å². The summed E-state index contributed by atoms with van der Waals surface area (Å²) in [6, 6.07) is 8.24. The minimum Gasteiger partial charge on any atom is -0.324 e. The molecule has 0 fully saturated rings. The van der Waals surface area contributed by atoms with E-state index in [9.17, 15) is 17.2 Å².